The highest BCUT2D eigenvalue weighted by atomic mass is 15.1. The largest absolute Gasteiger partial charge is 0.310 e. The van der Waals surface area contributed by atoms with Gasteiger partial charge in [0.25, 0.3) is 0 Å². The van der Waals surface area contributed by atoms with Gasteiger partial charge < -0.3 is 4.90 Å². The summed E-state index contributed by atoms with van der Waals surface area (Å²) in [5.74, 6) is 5.12. The molecule has 3 unspecified atom stereocenters. The Morgan fingerprint density at radius 2 is 0.984 bits per heavy atom. The van der Waals surface area contributed by atoms with Gasteiger partial charge >= 0.3 is 0 Å². The van der Waals surface area contributed by atoms with Gasteiger partial charge in [-0.3, -0.25) is 0 Å². The highest BCUT2D eigenvalue weighted by Crippen LogP contribution is 2.70. The zero-order valence-corrected chi connectivity index (χ0v) is 35.3. The van der Waals surface area contributed by atoms with Gasteiger partial charge in [0, 0.05) is 27.9 Å². The van der Waals surface area contributed by atoms with Gasteiger partial charge in [-0.25, -0.2) is 0 Å². The van der Waals surface area contributed by atoms with Crippen LogP contribution in [0.2, 0.25) is 0 Å². The summed E-state index contributed by atoms with van der Waals surface area (Å²) >= 11 is 0. The van der Waals surface area contributed by atoms with Crippen LogP contribution in [0.1, 0.15) is 85.6 Å². The van der Waals surface area contributed by atoms with E-state index < -0.39 is 0 Å². The van der Waals surface area contributed by atoms with Crippen molar-refractivity contribution in [3.05, 3.63) is 186 Å². The van der Waals surface area contributed by atoms with Gasteiger partial charge in [-0.1, -0.05) is 116 Å². The third-order valence-electron chi connectivity index (χ3n) is 17.9. The van der Waals surface area contributed by atoms with Gasteiger partial charge in [0.1, 0.15) is 0 Å². The summed E-state index contributed by atoms with van der Waals surface area (Å²) in [6, 6.07) is 61.2. The Morgan fingerprint density at radius 3 is 1.70 bits per heavy atom. The average molecular weight is 788 g/mol. The van der Waals surface area contributed by atoms with Gasteiger partial charge in [0.15, 0.2) is 0 Å². The van der Waals surface area contributed by atoms with Crippen molar-refractivity contribution in [1.82, 2.24) is 0 Å². The fourth-order valence-corrected chi connectivity index (χ4v) is 15.8. The van der Waals surface area contributed by atoms with Crippen molar-refractivity contribution in [2.45, 2.75) is 75.5 Å². The molecule has 15 rings (SSSR count). The molecule has 6 saturated carbocycles. The molecule has 0 heterocycles. The number of benzene rings is 7. The van der Waals surface area contributed by atoms with E-state index >= 15 is 0 Å². The monoisotopic (exact) mass is 787 g/mol. The summed E-state index contributed by atoms with van der Waals surface area (Å²) in [5, 5.41) is 0. The van der Waals surface area contributed by atoms with Crippen LogP contribution in [0.5, 0.6) is 0 Å². The predicted octanol–water partition coefficient (Wildman–Crippen LogP) is 15.6. The molecule has 8 aliphatic carbocycles. The maximum Gasteiger partial charge on any atom is 0.0464 e. The van der Waals surface area contributed by atoms with Crippen LogP contribution in [0.25, 0.3) is 44.5 Å². The Hall–Kier alpha value is -5.66. The van der Waals surface area contributed by atoms with E-state index in [1.807, 2.05) is 0 Å². The summed E-state index contributed by atoms with van der Waals surface area (Å²) < 4.78 is 0. The molecule has 1 heteroatoms. The number of rotatable bonds is 5. The molecule has 2 spiro atoms. The van der Waals surface area contributed by atoms with E-state index in [1.165, 1.54) is 125 Å². The van der Waals surface area contributed by atoms with Crippen LogP contribution in [0.4, 0.5) is 17.1 Å². The number of para-hydroxylation sites is 1. The lowest BCUT2D eigenvalue weighted by Gasteiger charge is -2.61. The van der Waals surface area contributed by atoms with Crippen LogP contribution in [0, 0.1) is 42.4 Å². The standard InChI is InChI=1S/C60H53N/c1-37-27-49(23-25-50(37)43-19-26-56-54(34-43)52-12-5-7-13-55(52)59(56)36-38-15-20-44(59)29-38)61(47-9-3-2-4-10-47)48-21-16-41(17-22-48)42-18-24-53-51-11-6-8-14-57(51)60(58(53)35-42)45-30-39-28-40(32-45)33-46(60)31-39/h2-14,16-19,21-27,34-35,38-40,44-46H,15,20,28-33,36H2,1H3. The number of anilines is 3. The van der Waals surface area contributed by atoms with Crippen molar-refractivity contribution >= 4 is 17.1 Å². The second-order valence-electron chi connectivity index (χ2n) is 20.6. The van der Waals surface area contributed by atoms with E-state index in [9.17, 15) is 0 Å². The molecule has 0 aromatic heterocycles. The summed E-state index contributed by atoms with van der Waals surface area (Å²) in [5.41, 5.74) is 22.9. The summed E-state index contributed by atoms with van der Waals surface area (Å²) in [4.78, 5) is 2.43. The Labute approximate surface area is 361 Å². The third-order valence-corrected chi connectivity index (χ3v) is 17.9. The van der Waals surface area contributed by atoms with Gasteiger partial charge in [-0.05, 0) is 215 Å². The van der Waals surface area contributed by atoms with E-state index in [-0.39, 0.29) is 10.8 Å². The topological polar surface area (TPSA) is 3.24 Å². The highest BCUT2D eigenvalue weighted by Gasteiger charge is 2.61. The molecule has 7 aromatic rings. The summed E-state index contributed by atoms with van der Waals surface area (Å²) in [6.07, 6.45) is 12.7. The molecule has 298 valence electrons. The van der Waals surface area contributed by atoms with E-state index in [2.05, 4.69) is 170 Å². The van der Waals surface area contributed by atoms with Gasteiger partial charge in [-0.2, -0.15) is 0 Å². The van der Waals surface area contributed by atoms with Crippen LogP contribution in [0.3, 0.4) is 0 Å². The normalized spacial score (nSPS) is 28.9. The Bertz CT molecular complexity index is 2890. The molecular weight excluding hydrogens is 735 g/mol. The fraction of sp³-hybridized carbons (Fsp3) is 0.300. The molecule has 0 N–H and O–H groups in total. The minimum absolute atomic E-state index is 0.186. The molecule has 7 aromatic carbocycles. The minimum Gasteiger partial charge on any atom is -0.310 e. The second kappa shape index (κ2) is 12.7. The maximum atomic E-state index is 2.62. The molecular formula is C60H53N. The van der Waals surface area contributed by atoms with Crippen LogP contribution < -0.4 is 4.90 Å². The Kier molecular flexibility index (Phi) is 7.28. The lowest BCUT2D eigenvalue weighted by Crippen LogP contribution is -2.55. The SMILES string of the molecule is Cc1cc(N(c2ccccc2)c2ccc(-c3ccc4c(c3)C3(c5ccccc5-4)C4CC5CC(C4)CC3C5)cc2)ccc1-c1ccc2c(c1)-c1ccccc1C21CC2CCC1C2. The fourth-order valence-electron chi connectivity index (χ4n) is 15.8. The van der Waals surface area contributed by atoms with Crippen molar-refractivity contribution in [1.29, 1.82) is 0 Å². The summed E-state index contributed by atoms with van der Waals surface area (Å²) in [6.45, 7) is 2.30. The van der Waals surface area contributed by atoms with E-state index in [0.29, 0.717) is 0 Å². The summed E-state index contributed by atoms with van der Waals surface area (Å²) in [7, 11) is 0. The average Bonchev–Trinajstić information content (AvgIpc) is 4.06. The molecule has 0 radical (unpaired) electrons. The Balaban J connectivity index is 0.815. The lowest BCUT2D eigenvalue weighted by atomic mass is 9.43. The predicted molar refractivity (Wildman–Crippen MR) is 252 cm³/mol. The first-order valence-corrected chi connectivity index (χ1v) is 23.6. The zero-order valence-electron chi connectivity index (χ0n) is 35.3. The first-order valence-electron chi connectivity index (χ1n) is 23.6. The molecule has 6 fully saturated rings. The molecule has 61 heavy (non-hydrogen) atoms. The van der Waals surface area contributed by atoms with Crippen LogP contribution >= 0.6 is 0 Å². The number of aryl methyl sites for hydroxylation is 1. The lowest BCUT2D eigenvalue weighted by molar-refractivity contribution is -0.0399. The van der Waals surface area contributed by atoms with Crippen LogP contribution in [0.15, 0.2) is 158 Å². The van der Waals surface area contributed by atoms with Crippen molar-refractivity contribution in [3.63, 3.8) is 0 Å². The van der Waals surface area contributed by atoms with E-state index in [1.54, 1.807) is 22.3 Å². The quantitative estimate of drug-likeness (QED) is 0.168. The van der Waals surface area contributed by atoms with Gasteiger partial charge in [-0.15, -0.1) is 0 Å². The van der Waals surface area contributed by atoms with Crippen molar-refractivity contribution in [2.75, 3.05) is 4.90 Å². The molecule has 8 aliphatic rings. The number of nitrogens with zero attached hydrogens (tertiary/aromatic N) is 1. The molecule has 3 atom stereocenters. The first kappa shape index (κ1) is 35.0. The highest BCUT2D eigenvalue weighted by molar-refractivity contribution is 5.88. The minimum atomic E-state index is 0.186. The second-order valence-corrected chi connectivity index (χ2v) is 20.6. The Morgan fingerprint density at radius 1 is 0.393 bits per heavy atom. The van der Waals surface area contributed by atoms with Crippen molar-refractivity contribution in [3.8, 4) is 44.5 Å². The molecule has 0 aliphatic heterocycles. The maximum absolute atomic E-state index is 2.62. The molecule has 1 nitrogen and oxygen atoms in total. The smallest absolute Gasteiger partial charge is 0.0464 e. The van der Waals surface area contributed by atoms with Gasteiger partial charge in [0.2, 0.25) is 0 Å². The number of hydrogen-bond acceptors (Lipinski definition) is 1. The van der Waals surface area contributed by atoms with E-state index in [4.69, 9.17) is 0 Å². The third kappa shape index (κ3) is 4.73. The van der Waals surface area contributed by atoms with Crippen molar-refractivity contribution in [2.24, 2.45) is 35.5 Å². The van der Waals surface area contributed by atoms with Gasteiger partial charge in [0.05, 0.1) is 0 Å². The molecule has 0 saturated heterocycles. The molecule has 6 bridgehead atoms. The first-order chi connectivity index (χ1) is 30.1. The number of hydrogen-bond donors (Lipinski definition) is 0. The van der Waals surface area contributed by atoms with Crippen molar-refractivity contribution < 1.29 is 0 Å². The van der Waals surface area contributed by atoms with E-state index in [0.717, 1.165) is 35.5 Å². The van der Waals surface area contributed by atoms with Crippen LogP contribution in [-0.2, 0) is 10.8 Å². The number of fused-ring (bicyclic) bond motifs is 11. The molecule has 0 amide bonds. The zero-order chi connectivity index (χ0) is 40.0. The van der Waals surface area contributed by atoms with Crippen LogP contribution in [-0.4, -0.2) is 0 Å².